The van der Waals surface area contributed by atoms with E-state index in [9.17, 15) is 22.8 Å². The predicted octanol–water partition coefficient (Wildman–Crippen LogP) is 6.84. The molecule has 1 N–H and O–H groups in total. The van der Waals surface area contributed by atoms with Crippen LogP contribution in [0.2, 0.25) is 0 Å². The number of carbonyl (C=O) groups excluding carboxylic acids is 2. The fourth-order valence-electron chi connectivity index (χ4n) is 5.79. The highest BCUT2D eigenvalue weighted by Gasteiger charge is 2.36. The van der Waals surface area contributed by atoms with Crippen molar-refractivity contribution in [3.05, 3.63) is 47.8 Å². The first-order chi connectivity index (χ1) is 19.1. The lowest BCUT2D eigenvalue weighted by atomic mass is 9.70. The van der Waals surface area contributed by atoms with Crippen molar-refractivity contribution in [1.82, 2.24) is 14.5 Å². The van der Waals surface area contributed by atoms with Crippen LogP contribution in [0.4, 0.5) is 29.2 Å². The molecule has 0 unspecified atom stereocenters. The normalized spacial score (nSPS) is 19.5. The van der Waals surface area contributed by atoms with Gasteiger partial charge in [0.15, 0.2) is 0 Å². The predicted molar refractivity (Wildman–Crippen MR) is 146 cm³/mol. The van der Waals surface area contributed by atoms with Crippen LogP contribution in [0.15, 0.2) is 36.4 Å². The third-order valence-corrected chi connectivity index (χ3v) is 7.53. The number of nitrogens with one attached hydrogen (secondary N) is 1. The maximum absolute atomic E-state index is 15.5. The van der Waals surface area contributed by atoms with Crippen LogP contribution in [0.1, 0.15) is 63.4 Å². The molecule has 1 heterocycles. The highest BCUT2D eigenvalue weighted by molar-refractivity contribution is 5.99. The van der Waals surface area contributed by atoms with Gasteiger partial charge in [-0.15, -0.1) is 13.2 Å². The molecule has 8 nitrogen and oxygen atoms in total. The SMILES string of the molecule is COC(=O)[C@H](C)N(C)C(=O)c1cc2nc(Nc3ccc(OC(F)(F)F)cc3)n([C@H]3C[C@@H](C)CC(C)(C)C3)c2cc1F. The second-order valence-corrected chi connectivity index (χ2v) is 11.5. The van der Waals surface area contributed by atoms with Crippen LogP contribution >= 0.6 is 0 Å². The average molecular weight is 579 g/mol. The summed E-state index contributed by atoms with van der Waals surface area (Å²) in [6, 6.07) is 6.85. The molecule has 1 aliphatic rings. The maximum Gasteiger partial charge on any atom is 0.573 e. The van der Waals surface area contributed by atoms with Gasteiger partial charge in [-0.3, -0.25) is 4.79 Å². The first-order valence-corrected chi connectivity index (χ1v) is 13.3. The molecule has 4 rings (SSSR count). The van der Waals surface area contributed by atoms with Gasteiger partial charge in [0.05, 0.1) is 23.7 Å². The van der Waals surface area contributed by atoms with Gasteiger partial charge in [-0.25, -0.2) is 14.2 Å². The smallest absolute Gasteiger partial charge is 0.467 e. The molecule has 222 valence electrons. The zero-order chi connectivity index (χ0) is 30.3. The van der Waals surface area contributed by atoms with E-state index in [-0.39, 0.29) is 22.8 Å². The van der Waals surface area contributed by atoms with Crippen LogP contribution in [0.3, 0.4) is 0 Å². The van der Waals surface area contributed by atoms with Gasteiger partial charge in [0, 0.05) is 24.8 Å². The van der Waals surface area contributed by atoms with Crippen LogP contribution in [0.5, 0.6) is 5.75 Å². The quantitative estimate of drug-likeness (QED) is 0.244. The molecule has 1 aliphatic carbocycles. The zero-order valence-corrected chi connectivity index (χ0v) is 23.8. The van der Waals surface area contributed by atoms with E-state index in [1.54, 1.807) is 0 Å². The fourth-order valence-corrected chi connectivity index (χ4v) is 5.79. The Morgan fingerprint density at radius 2 is 1.83 bits per heavy atom. The molecule has 41 heavy (non-hydrogen) atoms. The minimum atomic E-state index is -4.81. The number of halogens is 4. The molecule has 0 saturated heterocycles. The van der Waals surface area contributed by atoms with Crippen LogP contribution < -0.4 is 10.1 Å². The molecular formula is C29H34F4N4O4. The molecule has 1 saturated carbocycles. The Hall–Kier alpha value is -3.83. The number of hydrogen-bond acceptors (Lipinski definition) is 6. The number of esters is 1. The second-order valence-electron chi connectivity index (χ2n) is 11.5. The van der Waals surface area contributed by atoms with Crippen LogP contribution in [0, 0.1) is 17.2 Å². The Morgan fingerprint density at radius 3 is 2.41 bits per heavy atom. The summed E-state index contributed by atoms with van der Waals surface area (Å²) < 4.78 is 63.9. The standard InChI is InChI=1S/C29H34F4N4O4/c1-16-11-19(15-28(3,4)14-16)37-24-13-22(30)21(25(38)36(5)17(2)26(39)40-6)12-23(24)35-27(37)34-18-7-9-20(10-8-18)41-29(31,32)33/h7-10,12-13,16-17,19H,11,14-15H2,1-6H3,(H,34,35)/t16-,17+,19+/m1/s1. The zero-order valence-electron chi connectivity index (χ0n) is 23.8. The molecule has 3 aromatic rings. The Kier molecular flexibility index (Phi) is 8.24. The van der Waals surface area contributed by atoms with Crippen LogP contribution in [0.25, 0.3) is 11.0 Å². The number of fused-ring (bicyclic) bond motifs is 1. The number of rotatable bonds is 7. The van der Waals surface area contributed by atoms with E-state index in [1.165, 1.54) is 57.5 Å². The third kappa shape index (κ3) is 6.74. The number of carbonyl (C=O) groups is 2. The Bertz CT molecular complexity index is 1440. The van der Waals surface area contributed by atoms with Crippen molar-refractivity contribution in [2.75, 3.05) is 19.5 Å². The summed E-state index contributed by atoms with van der Waals surface area (Å²) in [5.74, 6) is -1.74. The van der Waals surface area contributed by atoms with Crippen molar-refractivity contribution in [2.24, 2.45) is 11.3 Å². The summed E-state index contributed by atoms with van der Waals surface area (Å²) in [4.78, 5) is 30.9. The minimum Gasteiger partial charge on any atom is -0.467 e. The average Bonchev–Trinajstić information content (AvgIpc) is 3.21. The van der Waals surface area contributed by atoms with Gasteiger partial charge in [-0.05, 0) is 67.9 Å². The molecule has 1 fully saturated rings. The minimum absolute atomic E-state index is 0.00790. The molecule has 0 spiro atoms. The number of ether oxygens (including phenoxy) is 2. The summed E-state index contributed by atoms with van der Waals surface area (Å²) in [6.07, 6.45) is -2.19. The topological polar surface area (TPSA) is 85.7 Å². The molecular weight excluding hydrogens is 544 g/mol. The summed E-state index contributed by atoms with van der Waals surface area (Å²) in [5.41, 5.74) is 1.02. The van der Waals surface area contributed by atoms with Crippen molar-refractivity contribution in [3.63, 3.8) is 0 Å². The monoisotopic (exact) mass is 578 g/mol. The number of nitrogens with zero attached hydrogens (tertiary/aromatic N) is 3. The Balaban J connectivity index is 1.77. The number of likely N-dealkylation sites (N-methyl/N-ethyl adjacent to an activating group) is 1. The molecule has 1 amide bonds. The van der Waals surface area contributed by atoms with E-state index in [0.717, 1.165) is 24.2 Å². The molecule has 3 atom stereocenters. The Labute approximate surface area is 235 Å². The molecule has 2 aromatic carbocycles. The van der Waals surface area contributed by atoms with Gasteiger partial charge in [0.2, 0.25) is 5.95 Å². The largest absolute Gasteiger partial charge is 0.573 e. The number of amides is 1. The van der Waals surface area contributed by atoms with E-state index in [4.69, 9.17) is 4.74 Å². The van der Waals surface area contributed by atoms with Gasteiger partial charge in [-0.1, -0.05) is 20.8 Å². The van der Waals surface area contributed by atoms with Crippen LogP contribution in [-0.2, 0) is 9.53 Å². The highest BCUT2D eigenvalue weighted by atomic mass is 19.4. The van der Waals surface area contributed by atoms with E-state index >= 15 is 4.39 Å². The first-order valence-electron chi connectivity index (χ1n) is 13.3. The van der Waals surface area contributed by atoms with E-state index < -0.39 is 30.1 Å². The number of imidazole rings is 1. The lowest BCUT2D eigenvalue weighted by molar-refractivity contribution is -0.274. The van der Waals surface area contributed by atoms with Gasteiger partial charge in [0.25, 0.3) is 5.91 Å². The van der Waals surface area contributed by atoms with Crippen molar-refractivity contribution in [3.8, 4) is 5.75 Å². The lowest BCUT2D eigenvalue weighted by Crippen LogP contribution is -2.41. The molecule has 12 heteroatoms. The van der Waals surface area contributed by atoms with Gasteiger partial charge < -0.3 is 24.3 Å². The van der Waals surface area contributed by atoms with Crippen molar-refractivity contribution in [1.29, 1.82) is 0 Å². The molecule has 0 radical (unpaired) electrons. The molecule has 1 aromatic heterocycles. The summed E-state index contributed by atoms with van der Waals surface area (Å²) in [6.45, 7) is 8.00. The second kappa shape index (κ2) is 11.2. The number of anilines is 2. The van der Waals surface area contributed by atoms with Gasteiger partial charge in [0.1, 0.15) is 17.6 Å². The number of benzene rings is 2. The summed E-state index contributed by atoms with van der Waals surface area (Å²) in [5, 5.41) is 3.16. The van der Waals surface area contributed by atoms with Crippen molar-refractivity contribution >= 4 is 34.5 Å². The number of methoxy groups -OCH3 is 1. The third-order valence-electron chi connectivity index (χ3n) is 7.53. The van der Waals surface area contributed by atoms with Gasteiger partial charge in [-0.2, -0.15) is 0 Å². The molecule has 0 bridgehead atoms. The van der Waals surface area contributed by atoms with E-state index in [0.29, 0.717) is 28.6 Å². The summed E-state index contributed by atoms with van der Waals surface area (Å²) >= 11 is 0. The van der Waals surface area contributed by atoms with Crippen molar-refractivity contribution in [2.45, 2.75) is 65.4 Å². The van der Waals surface area contributed by atoms with E-state index in [2.05, 4.69) is 35.8 Å². The van der Waals surface area contributed by atoms with Crippen LogP contribution in [-0.4, -0.2) is 52.9 Å². The highest BCUT2D eigenvalue weighted by Crippen LogP contribution is 2.46. The van der Waals surface area contributed by atoms with E-state index in [1.807, 2.05) is 4.57 Å². The first kappa shape index (κ1) is 30.1. The lowest BCUT2D eigenvalue weighted by Gasteiger charge is -2.40. The summed E-state index contributed by atoms with van der Waals surface area (Å²) in [7, 11) is 2.59. The Morgan fingerprint density at radius 1 is 1.17 bits per heavy atom. The number of alkyl halides is 3. The number of aromatic nitrogens is 2. The number of hydrogen-bond donors (Lipinski definition) is 1. The molecule has 0 aliphatic heterocycles. The maximum atomic E-state index is 15.5. The van der Waals surface area contributed by atoms with Crippen molar-refractivity contribution < 1.29 is 36.6 Å². The fraction of sp³-hybridized carbons (Fsp3) is 0.483. The van der Waals surface area contributed by atoms with Gasteiger partial charge >= 0.3 is 12.3 Å².